The number of rotatable bonds is 7. The molecule has 3 aromatic heterocycles. The van der Waals surface area contributed by atoms with E-state index >= 15 is 0 Å². The first-order chi connectivity index (χ1) is 14.8. The molecule has 30 heavy (non-hydrogen) atoms. The molecule has 1 atom stereocenters. The fraction of sp³-hybridized carbons (Fsp3) is 0.600. The first kappa shape index (κ1) is 20.0. The quantitative estimate of drug-likeness (QED) is 0.502. The SMILES string of the molecule is CC1CCN(c2nnc(SCc3noc(-c4ccsc4)n3)n2C[C@H]2CCCO2)CC1. The van der Waals surface area contributed by atoms with Crippen LogP contribution >= 0.6 is 23.1 Å². The molecule has 8 nitrogen and oxygen atoms in total. The molecule has 2 saturated heterocycles. The lowest BCUT2D eigenvalue weighted by molar-refractivity contribution is 0.0951. The molecule has 0 saturated carbocycles. The van der Waals surface area contributed by atoms with Crippen molar-refractivity contribution in [3.8, 4) is 11.5 Å². The van der Waals surface area contributed by atoms with Gasteiger partial charge in [0, 0.05) is 25.1 Å². The van der Waals surface area contributed by atoms with Crippen molar-refractivity contribution in [2.45, 2.75) is 56.2 Å². The predicted molar refractivity (Wildman–Crippen MR) is 117 cm³/mol. The van der Waals surface area contributed by atoms with Crippen LogP contribution in [-0.2, 0) is 17.0 Å². The summed E-state index contributed by atoms with van der Waals surface area (Å²) in [5, 5.41) is 18.1. The van der Waals surface area contributed by atoms with Crippen LogP contribution in [0.25, 0.3) is 11.5 Å². The van der Waals surface area contributed by atoms with Crippen molar-refractivity contribution >= 4 is 29.0 Å². The Balaban J connectivity index is 1.32. The molecular weight excluding hydrogens is 420 g/mol. The van der Waals surface area contributed by atoms with Crippen molar-refractivity contribution in [3.05, 3.63) is 22.7 Å². The average Bonchev–Trinajstić information content (AvgIpc) is 3.55. The lowest BCUT2D eigenvalue weighted by Gasteiger charge is -2.31. The Hall–Kier alpha value is -1.91. The molecule has 2 aliphatic heterocycles. The summed E-state index contributed by atoms with van der Waals surface area (Å²) >= 11 is 3.22. The minimum Gasteiger partial charge on any atom is -0.376 e. The Labute approximate surface area is 184 Å². The summed E-state index contributed by atoms with van der Waals surface area (Å²) in [4.78, 5) is 6.89. The van der Waals surface area contributed by atoms with Crippen LogP contribution in [0.4, 0.5) is 5.95 Å². The summed E-state index contributed by atoms with van der Waals surface area (Å²) in [5.74, 6) is 3.57. The van der Waals surface area contributed by atoms with Crippen LogP contribution in [0.3, 0.4) is 0 Å². The molecular formula is C20H26N6O2S2. The highest BCUT2D eigenvalue weighted by Gasteiger charge is 2.26. The van der Waals surface area contributed by atoms with Crippen LogP contribution < -0.4 is 4.90 Å². The summed E-state index contributed by atoms with van der Waals surface area (Å²) in [7, 11) is 0. The molecule has 0 N–H and O–H groups in total. The van der Waals surface area contributed by atoms with Gasteiger partial charge in [-0.2, -0.15) is 16.3 Å². The van der Waals surface area contributed by atoms with E-state index in [9.17, 15) is 0 Å². The van der Waals surface area contributed by atoms with E-state index in [1.165, 1.54) is 12.8 Å². The highest BCUT2D eigenvalue weighted by atomic mass is 32.2. The number of aromatic nitrogens is 5. The average molecular weight is 447 g/mol. The van der Waals surface area contributed by atoms with Crippen molar-refractivity contribution in [2.75, 3.05) is 24.6 Å². The van der Waals surface area contributed by atoms with Crippen LogP contribution in [0.2, 0.25) is 0 Å². The highest BCUT2D eigenvalue weighted by Crippen LogP contribution is 2.29. The van der Waals surface area contributed by atoms with Crippen molar-refractivity contribution in [1.29, 1.82) is 0 Å². The molecule has 2 aliphatic rings. The van der Waals surface area contributed by atoms with Gasteiger partial charge in [-0.1, -0.05) is 23.8 Å². The van der Waals surface area contributed by atoms with Gasteiger partial charge in [-0.25, -0.2) is 0 Å². The van der Waals surface area contributed by atoms with E-state index in [-0.39, 0.29) is 6.10 Å². The van der Waals surface area contributed by atoms with Crippen LogP contribution in [0.15, 0.2) is 26.5 Å². The maximum absolute atomic E-state index is 5.91. The summed E-state index contributed by atoms with van der Waals surface area (Å²) in [6.45, 7) is 6.03. The maximum atomic E-state index is 5.91. The Morgan fingerprint density at radius 1 is 1.23 bits per heavy atom. The van der Waals surface area contributed by atoms with Gasteiger partial charge in [0.05, 0.1) is 24.0 Å². The largest absolute Gasteiger partial charge is 0.376 e. The number of thioether (sulfide) groups is 1. The van der Waals surface area contributed by atoms with Gasteiger partial charge in [0.1, 0.15) is 0 Å². The summed E-state index contributed by atoms with van der Waals surface area (Å²) < 4.78 is 13.5. The van der Waals surface area contributed by atoms with Gasteiger partial charge in [-0.05, 0) is 43.0 Å². The minimum absolute atomic E-state index is 0.234. The molecule has 2 fully saturated rings. The van der Waals surface area contributed by atoms with Gasteiger partial charge in [-0.3, -0.25) is 4.57 Å². The van der Waals surface area contributed by atoms with E-state index in [1.807, 2.05) is 16.8 Å². The Bertz CT molecular complexity index is 943. The first-order valence-corrected chi connectivity index (χ1v) is 12.5. The molecule has 0 bridgehead atoms. The standard InChI is InChI=1S/C20H26N6O2S2/c1-14-4-7-25(8-5-14)19-22-23-20(26(19)11-16-3-2-9-27-16)30-13-17-21-18(28-24-17)15-6-10-29-12-15/h6,10,12,14,16H,2-5,7-9,11,13H2,1H3/t16-/m1/s1. The Morgan fingerprint density at radius 2 is 2.13 bits per heavy atom. The topological polar surface area (TPSA) is 82.1 Å². The third-order valence-corrected chi connectivity index (χ3v) is 7.39. The van der Waals surface area contributed by atoms with Crippen LogP contribution in [0.5, 0.6) is 0 Å². The molecule has 0 amide bonds. The zero-order valence-electron chi connectivity index (χ0n) is 17.1. The van der Waals surface area contributed by atoms with E-state index in [1.54, 1.807) is 23.1 Å². The van der Waals surface area contributed by atoms with Crippen LogP contribution in [0, 0.1) is 5.92 Å². The molecule has 10 heteroatoms. The molecule has 5 heterocycles. The molecule has 0 spiro atoms. The number of hydrogen-bond acceptors (Lipinski definition) is 9. The second-order valence-corrected chi connectivity index (χ2v) is 9.74. The fourth-order valence-electron chi connectivity index (χ4n) is 3.93. The maximum Gasteiger partial charge on any atom is 0.258 e. The molecule has 3 aromatic rings. The van der Waals surface area contributed by atoms with Gasteiger partial charge >= 0.3 is 0 Å². The predicted octanol–water partition coefficient (Wildman–Crippen LogP) is 4.10. The lowest BCUT2D eigenvalue weighted by atomic mass is 10.00. The second kappa shape index (κ2) is 9.07. The van der Waals surface area contributed by atoms with Gasteiger partial charge in [-0.15, -0.1) is 10.2 Å². The zero-order chi connectivity index (χ0) is 20.3. The third-order valence-electron chi connectivity index (χ3n) is 5.74. The van der Waals surface area contributed by atoms with Gasteiger partial charge < -0.3 is 14.2 Å². The van der Waals surface area contributed by atoms with E-state index < -0.39 is 0 Å². The second-order valence-electron chi connectivity index (χ2n) is 8.01. The molecule has 0 radical (unpaired) electrons. The van der Waals surface area contributed by atoms with Crippen molar-refractivity contribution in [3.63, 3.8) is 0 Å². The number of anilines is 1. The third kappa shape index (κ3) is 4.40. The number of thiophene rings is 1. The van der Waals surface area contributed by atoms with Gasteiger partial charge in [0.25, 0.3) is 5.89 Å². The van der Waals surface area contributed by atoms with Crippen molar-refractivity contribution in [1.82, 2.24) is 24.9 Å². The van der Waals surface area contributed by atoms with E-state index in [0.29, 0.717) is 17.5 Å². The molecule has 0 aliphatic carbocycles. The fourth-order valence-corrected chi connectivity index (χ4v) is 5.34. The van der Waals surface area contributed by atoms with Crippen LogP contribution in [-0.4, -0.2) is 50.7 Å². The summed E-state index contributed by atoms with van der Waals surface area (Å²) in [6.07, 6.45) is 4.85. The van der Waals surface area contributed by atoms with Crippen LogP contribution in [0.1, 0.15) is 38.4 Å². The van der Waals surface area contributed by atoms with E-state index in [2.05, 4.69) is 36.7 Å². The Morgan fingerprint density at radius 3 is 2.90 bits per heavy atom. The molecule has 0 aromatic carbocycles. The summed E-state index contributed by atoms with van der Waals surface area (Å²) in [5.41, 5.74) is 0.965. The number of piperidine rings is 1. The number of ether oxygens (including phenoxy) is 1. The monoisotopic (exact) mass is 446 g/mol. The first-order valence-electron chi connectivity index (χ1n) is 10.5. The van der Waals surface area contributed by atoms with E-state index in [0.717, 1.165) is 61.7 Å². The highest BCUT2D eigenvalue weighted by molar-refractivity contribution is 7.98. The Kier molecular flexibility index (Phi) is 6.05. The van der Waals surface area contributed by atoms with Crippen molar-refractivity contribution < 1.29 is 9.26 Å². The summed E-state index contributed by atoms with van der Waals surface area (Å²) in [6, 6.07) is 1.99. The van der Waals surface area contributed by atoms with Gasteiger partial charge in [0.2, 0.25) is 5.95 Å². The molecule has 0 unspecified atom stereocenters. The van der Waals surface area contributed by atoms with Crippen molar-refractivity contribution in [2.24, 2.45) is 5.92 Å². The lowest BCUT2D eigenvalue weighted by Crippen LogP contribution is -2.35. The molecule has 160 valence electrons. The zero-order valence-corrected chi connectivity index (χ0v) is 18.7. The minimum atomic E-state index is 0.234. The smallest absolute Gasteiger partial charge is 0.258 e. The number of nitrogens with zero attached hydrogens (tertiary/aromatic N) is 6. The van der Waals surface area contributed by atoms with E-state index in [4.69, 9.17) is 9.26 Å². The number of hydrogen-bond donors (Lipinski definition) is 0. The molecule has 5 rings (SSSR count). The normalized spacial score (nSPS) is 20.3. The van der Waals surface area contributed by atoms with Gasteiger partial charge in [0.15, 0.2) is 11.0 Å².